The highest BCUT2D eigenvalue weighted by Crippen LogP contribution is 2.07. The van der Waals surface area contributed by atoms with Crippen LogP contribution in [0.3, 0.4) is 0 Å². The van der Waals surface area contributed by atoms with E-state index in [1.54, 1.807) is 0 Å². The normalized spacial score (nSPS) is 19.2. The minimum absolute atomic E-state index is 0.196. The Balaban J connectivity index is 2.19. The first-order chi connectivity index (χ1) is 9.63. The molecule has 2 unspecified atom stereocenters. The van der Waals surface area contributed by atoms with Crippen LogP contribution in [0.1, 0.15) is 27.2 Å². The molecule has 4 N–H and O–H groups in total. The van der Waals surface area contributed by atoms with E-state index in [2.05, 4.69) is 46.9 Å². The van der Waals surface area contributed by atoms with Gasteiger partial charge in [-0.1, -0.05) is 13.8 Å². The Morgan fingerprint density at radius 2 is 2.10 bits per heavy atom. The van der Waals surface area contributed by atoms with E-state index in [1.807, 2.05) is 0 Å². The lowest BCUT2D eigenvalue weighted by molar-refractivity contribution is -0.110. The molecule has 118 valence electrons. The number of nitrogens with zero attached hydrogens (tertiary/aromatic N) is 1. The van der Waals surface area contributed by atoms with Crippen LogP contribution in [0, 0.1) is 0 Å². The molecule has 0 aromatic heterocycles. The summed E-state index contributed by atoms with van der Waals surface area (Å²) in [6, 6.07) is 1.20. The maximum atomic E-state index is 10.7. The summed E-state index contributed by atoms with van der Waals surface area (Å²) in [4.78, 5) is 13.1. The number of carbonyl (C=O) groups excluding carboxylic acids is 1. The molecule has 1 amide bonds. The van der Waals surface area contributed by atoms with E-state index in [0.717, 1.165) is 52.2 Å². The summed E-state index contributed by atoms with van der Waals surface area (Å²) < 4.78 is 0. The van der Waals surface area contributed by atoms with Gasteiger partial charge < -0.3 is 21.3 Å². The second-order valence-electron chi connectivity index (χ2n) is 5.85. The molecule has 20 heavy (non-hydrogen) atoms. The topological polar surface area (TPSA) is 68.4 Å². The maximum absolute atomic E-state index is 10.7. The van der Waals surface area contributed by atoms with Gasteiger partial charge in [-0.05, 0) is 13.3 Å². The van der Waals surface area contributed by atoms with Crippen LogP contribution in [0.15, 0.2) is 0 Å². The first-order valence-corrected chi connectivity index (χ1v) is 7.72. The summed E-state index contributed by atoms with van der Waals surface area (Å²) in [5.74, 6) is 0. The Hall–Kier alpha value is -0.690. The van der Waals surface area contributed by atoms with E-state index in [-0.39, 0.29) is 6.04 Å². The van der Waals surface area contributed by atoms with Crippen LogP contribution in [0.4, 0.5) is 0 Å². The highest BCUT2D eigenvalue weighted by atomic mass is 16.1. The summed E-state index contributed by atoms with van der Waals surface area (Å²) in [6.07, 6.45) is 1.79. The first kappa shape index (κ1) is 17.4. The van der Waals surface area contributed by atoms with Gasteiger partial charge in [-0.15, -0.1) is 0 Å². The van der Waals surface area contributed by atoms with E-state index in [9.17, 15) is 4.79 Å². The zero-order chi connectivity index (χ0) is 14.8. The lowest BCUT2D eigenvalue weighted by atomic mass is 10.1. The van der Waals surface area contributed by atoms with E-state index in [4.69, 9.17) is 0 Å². The van der Waals surface area contributed by atoms with Crippen LogP contribution in [0.2, 0.25) is 0 Å². The number of nitrogens with one attached hydrogen (secondary N) is 4. The predicted molar refractivity (Wildman–Crippen MR) is 82.7 cm³/mol. The molecule has 1 heterocycles. The molecular weight excluding hydrogens is 254 g/mol. The van der Waals surface area contributed by atoms with Crippen molar-refractivity contribution in [1.82, 2.24) is 26.2 Å². The van der Waals surface area contributed by atoms with Gasteiger partial charge in [-0.3, -0.25) is 9.69 Å². The molecule has 0 aromatic rings. The minimum atomic E-state index is 0.196. The van der Waals surface area contributed by atoms with Gasteiger partial charge in [0, 0.05) is 57.5 Å². The summed E-state index contributed by atoms with van der Waals surface area (Å²) in [7, 11) is 0. The molecule has 2 atom stereocenters. The van der Waals surface area contributed by atoms with Gasteiger partial charge in [0.15, 0.2) is 0 Å². The molecule has 1 aliphatic heterocycles. The van der Waals surface area contributed by atoms with E-state index < -0.39 is 0 Å². The molecule has 0 spiro atoms. The van der Waals surface area contributed by atoms with Crippen LogP contribution in [0.5, 0.6) is 0 Å². The Morgan fingerprint density at radius 3 is 2.70 bits per heavy atom. The Morgan fingerprint density at radius 1 is 1.30 bits per heavy atom. The van der Waals surface area contributed by atoms with Crippen LogP contribution < -0.4 is 21.3 Å². The molecule has 0 bridgehead atoms. The summed E-state index contributed by atoms with van der Waals surface area (Å²) in [5.41, 5.74) is 0. The average Bonchev–Trinajstić information content (AvgIpc) is 2.92. The molecule has 1 aliphatic rings. The molecule has 1 saturated heterocycles. The Labute approximate surface area is 123 Å². The van der Waals surface area contributed by atoms with Crippen molar-refractivity contribution in [2.24, 2.45) is 0 Å². The van der Waals surface area contributed by atoms with E-state index >= 15 is 0 Å². The highest BCUT2D eigenvalue weighted by molar-refractivity contribution is 5.46. The van der Waals surface area contributed by atoms with Crippen LogP contribution in [0.25, 0.3) is 0 Å². The fourth-order valence-corrected chi connectivity index (χ4v) is 2.49. The average molecular weight is 285 g/mol. The molecule has 0 radical (unpaired) electrons. The van der Waals surface area contributed by atoms with Gasteiger partial charge in [0.25, 0.3) is 0 Å². The number of carbonyl (C=O) groups is 1. The third kappa shape index (κ3) is 7.19. The molecule has 6 heteroatoms. The predicted octanol–water partition coefficient (Wildman–Crippen LogP) is -0.670. The molecular formula is C14H31N5O. The maximum Gasteiger partial charge on any atom is 0.207 e. The van der Waals surface area contributed by atoms with Gasteiger partial charge in [0.1, 0.15) is 0 Å². The molecule has 1 rings (SSSR count). The molecule has 0 saturated carbocycles. The zero-order valence-electron chi connectivity index (χ0n) is 13.1. The van der Waals surface area contributed by atoms with E-state index in [0.29, 0.717) is 12.1 Å². The van der Waals surface area contributed by atoms with Gasteiger partial charge in [0.05, 0.1) is 0 Å². The third-order valence-corrected chi connectivity index (χ3v) is 3.69. The summed E-state index contributed by atoms with van der Waals surface area (Å²) in [5, 5.41) is 13.0. The van der Waals surface area contributed by atoms with Crippen molar-refractivity contribution in [3.05, 3.63) is 0 Å². The largest absolute Gasteiger partial charge is 0.355 e. The summed E-state index contributed by atoms with van der Waals surface area (Å²) >= 11 is 0. The number of hydrogen-bond acceptors (Lipinski definition) is 5. The van der Waals surface area contributed by atoms with Crippen molar-refractivity contribution >= 4 is 6.41 Å². The number of rotatable bonds is 11. The second kappa shape index (κ2) is 10.1. The van der Waals surface area contributed by atoms with Gasteiger partial charge in [-0.2, -0.15) is 0 Å². The SMILES string of the molecule is CC(C)NCCNCC(CC(C)N1CCNC1)NC=O. The van der Waals surface area contributed by atoms with Crippen molar-refractivity contribution < 1.29 is 4.79 Å². The third-order valence-electron chi connectivity index (χ3n) is 3.69. The van der Waals surface area contributed by atoms with Gasteiger partial charge in [-0.25, -0.2) is 0 Å². The highest BCUT2D eigenvalue weighted by Gasteiger charge is 2.20. The van der Waals surface area contributed by atoms with Crippen LogP contribution in [-0.2, 0) is 4.79 Å². The van der Waals surface area contributed by atoms with Crippen LogP contribution >= 0.6 is 0 Å². The molecule has 0 aliphatic carbocycles. The van der Waals surface area contributed by atoms with E-state index in [1.165, 1.54) is 0 Å². The standard InChI is InChI=1S/C14H31N5O/c1-12(2)17-5-4-15-9-14(18-11-20)8-13(3)19-7-6-16-10-19/h11-17H,4-10H2,1-3H3,(H,18,20). The van der Waals surface area contributed by atoms with Gasteiger partial charge in [0.2, 0.25) is 6.41 Å². The monoisotopic (exact) mass is 285 g/mol. The van der Waals surface area contributed by atoms with Crippen molar-refractivity contribution in [2.75, 3.05) is 39.4 Å². The Kier molecular flexibility index (Phi) is 8.77. The van der Waals surface area contributed by atoms with Crippen molar-refractivity contribution in [3.8, 4) is 0 Å². The summed E-state index contributed by atoms with van der Waals surface area (Å²) in [6.45, 7) is 12.3. The minimum Gasteiger partial charge on any atom is -0.355 e. The van der Waals surface area contributed by atoms with Crippen molar-refractivity contribution in [2.45, 2.75) is 45.3 Å². The lowest BCUT2D eigenvalue weighted by Crippen LogP contribution is -2.45. The first-order valence-electron chi connectivity index (χ1n) is 7.72. The molecule has 6 nitrogen and oxygen atoms in total. The smallest absolute Gasteiger partial charge is 0.207 e. The zero-order valence-corrected chi connectivity index (χ0v) is 13.1. The molecule has 1 fully saturated rings. The quantitative estimate of drug-likeness (QED) is 0.299. The lowest BCUT2D eigenvalue weighted by Gasteiger charge is -2.27. The number of hydrogen-bond donors (Lipinski definition) is 4. The Bertz CT molecular complexity index is 256. The van der Waals surface area contributed by atoms with Crippen molar-refractivity contribution in [1.29, 1.82) is 0 Å². The number of amides is 1. The van der Waals surface area contributed by atoms with Gasteiger partial charge >= 0.3 is 0 Å². The fourth-order valence-electron chi connectivity index (χ4n) is 2.49. The fraction of sp³-hybridized carbons (Fsp3) is 0.929. The van der Waals surface area contributed by atoms with Crippen molar-refractivity contribution in [3.63, 3.8) is 0 Å². The molecule has 0 aromatic carbocycles. The second-order valence-corrected chi connectivity index (χ2v) is 5.85. The van der Waals surface area contributed by atoms with Crippen LogP contribution in [-0.4, -0.2) is 68.8 Å².